The molecule has 3 aromatic rings. The first-order valence-corrected chi connectivity index (χ1v) is 13.7. The Morgan fingerprint density at radius 1 is 1.06 bits per heavy atom. The largest absolute Gasteiger partial charge is 0.378 e. The van der Waals surface area contributed by atoms with Crippen molar-refractivity contribution in [3.8, 4) is 11.4 Å². The van der Waals surface area contributed by atoms with Gasteiger partial charge in [-0.3, -0.25) is 0 Å². The molecule has 2 aliphatic rings. The topological polar surface area (TPSA) is 143 Å². The first kappa shape index (κ1) is 24.4. The van der Waals surface area contributed by atoms with Crippen molar-refractivity contribution < 1.29 is 22.5 Å². The van der Waals surface area contributed by atoms with Crippen LogP contribution in [0.2, 0.25) is 0 Å². The number of hydrogen-bond acceptors (Lipinski definition) is 9. The Morgan fingerprint density at radius 2 is 1.75 bits per heavy atom. The van der Waals surface area contributed by atoms with Crippen molar-refractivity contribution in [1.29, 1.82) is 0 Å². The second kappa shape index (κ2) is 9.99. The number of sulfonamides is 1. The fourth-order valence-corrected chi connectivity index (χ4v) is 5.45. The van der Waals surface area contributed by atoms with Gasteiger partial charge in [-0.05, 0) is 37.1 Å². The van der Waals surface area contributed by atoms with Crippen LogP contribution in [0.1, 0.15) is 24.5 Å². The lowest BCUT2D eigenvalue weighted by Gasteiger charge is -2.29. The van der Waals surface area contributed by atoms with Gasteiger partial charge in [0, 0.05) is 50.4 Å². The van der Waals surface area contributed by atoms with E-state index >= 15 is 0 Å². The number of nitrogens with one attached hydrogen (secondary N) is 2. The molecule has 2 aliphatic heterocycles. The van der Waals surface area contributed by atoms with Crippen molar-refractivity contribution in [2.45, 2.75) is 18.8 Å². The first-order chi connectivity index (χ1) is 17.3. The van der Waals surface area contributed by atoms with Crippen LogP contribution in [-0.2, 0) is 14.8 Å². The molecule has 0 saturated carbocycles. The number of rotatable bonds is 5. The van der Waals surface area contributed by atoms with Crippen LogP contribution in [0.4, 0.5) is 16.3 Å². The van der Waals surface area contributed by atoms with Gasteiger partial charge in [-0.1, -0.05) is 5.16 Å². The number of anilines is 2. The smallest absolute Gasteiger partial charge is 0.318 e. The van der Waals surface area contributed by atoms with Gasteiger partial charge in [0.15, 0.2) is 11.6 Å². The lowest BCUT2D eigenvalue weighted by Crippen LogP contribution is -2.37. The number of nitrogens with zero attached hydrogens (tertiary/aromatic N) is 5. The van der Waals surface area contributed by atoms with E-state index in [-0.39, 0.29) is 11.9 Å². The number of fused-ring (bicyclic) bond motifs is 1. The van der Waals surface area contributed by atoms with Gasteiger partial charge in [-0.2, -0.15) is 0 Å². The first-order valence-electron chi connectivity index (χ1n) is 11.9. The summed E-state index contributed by atoms with van der Waals surface area (Å²) in [6, 6.07) is 7.00. The van der Waals surface area contributed by atoms with Crippen LogP contribution in [-0.4, -0.2) is 86.6 Å². The minimum atomic E-state index is -3.22. The number of hydrogen-bond donors (Lipinski definition) is 2. The monoisotopic (exact) mass is 515 g/mol. The second-order valence-corrected chi connectivity index (χ2v) is 10.9. The lowest BCUT2D eigenvalue weighted by atomic mass is 9.94. The quantitative estimate of drug-likeness (QED) is 0.521. The van der Waals surface area contributed by atoms with Gasteiger partial charge in [0.2, 0.25) is 15.6 Å². The van der Waals surface area contributed by atoms with Crippen molar-refractivity contribution in [3.63, 3.8) is 0 Å². The van der Waals surface area contributed by atoms with Gasteiger partial charge >= 0.3 is 6.03 Å². The number of ether oxygens (including phenoxy) is 1. The predicted octanol–water partition coefficient (Wildman–Crippen LogP) is 2.01. The van der Waals surface area contributed by atoms with Gasteiger partial charge in [-0.25, -0.2) is 27.5 Å². The normalized spacial score (nSPS) is 17.9. The van der Waals surface area contributed by atoms with Crippen LogP contribution in [0.15, 0.2) is 28.8 Å². The van der Waals surface area contributed by atoms with Crippen molar-refractivity contribution >= 4 is 38.7 Å². The van der Waals surface area contributed by atoms with Crippen molar-refractivity contribution in [2.24, 2.45) is 0 Å². The van der Waals surface area contributed by atoms with Gasteiger partial charge in [0.1, 0.15) is 11.2 Å². The average Bonchev–Trinajstić information content (AvgIpc) is 3.32. The number of morpholine rings is 1. The third-order valence-corrected chi connectivity index (χ3v) is 7.88. The lowest BCUT2D eigenvalue weighted by molar-refractivity contribution is 0.122. The third kappa shape index (κ3) is 4.99. The Labute approximate surface area is 209 Å². The van der Waals surface area contributed by atoms with E-state index in [4.69, 9.17) is 19.2 Å². The summed E-state index contributed by atoms with van der Waals surface area (Å²) in [6.07, 6.45) is 2.52. The molecule has 2 fully saturated rings. The summed E-state index contributed by atoms with van der Waals surface area (Å²) in [7, 11) is -1.67. The number of carbonyl (C=O) groups is 1. The molecule has 36 heavy (non-hydrogen) atoms. The van der Waals surface area contributed by atoms with Gasteiger partial charge in [0.25, 0.3) is 0 Å². The van der Waals surface area contributed by atoms with Crippen LogP contribution < -0.4 is 15.5 Å². The fourth-order valence-electron chi connectivity index (χ4n) is 4.58. The number of aromatic nitrogens is 3. The zero-order valence-corrected chi connectivity index (χ0v) is 21.0. The highest BCUT2D eigenvalue weighted by Crippen LogP contribution is 2.36. The number of benzene rings is 1. The maximum Gasteiger partial charge on any atom is 0.318 e. The van der Waals surface area contributed by atoms with E-state index in [9.17, 15) is 13.2 Å². The fraction of sp³-hybridized carbons (Fsp3) is 0.478. The Balaban J connectivity index is 1.52. The predicted molar refractivity (Wildman–Crippen MR) is 135 cm³/mol. The van der Waals surface area contributed by atoms with Crippen molar-refractivity contribution in [3.05, 3.63) is 30.0 Å². The standard InChI is InChI=1S/C23H29N7O5S/c1-24-23(31)25-17-5-3-16(4-6-17)21-26-19-18(15-7-9-30(10-8-15)36(2,32)33)28-35-20(19)22(27-21)29-11-13-34-14-12-29/h3-6,15H,7-14H2,1-2H3,(H2,24,25,31). The molecule has 0 spiro atoms. The zero-order valence-electron chi connectivity index (χ0n) is 20.2. The molecule has 2 saturated heterocycles. The molecule has 1 aromatic carbocycles. The van der Waals surface area contributed by atoms with E-state index in [1.807, 2.05) is 12.1 Å². The number of piperidine rings is 1. The highest BCUT2D eigenvalue weighted by atomic mass is 32.2. The van der Waals surface area contributed by atoms with Crippen LogP contribution in [0, 0.1) is 0 Å². The molecular weight excluding hydrogens is 486 g/mol. The van der Waals surface area contributed by atoms with Crippen LogP contribution >= 0.6 is 0 Å². The molecule has 4 heterocycles. The van der Waals surface area contributed by atoms with E-state index < -0.39 is 10.0 Å². The minimum Gasteiger partial charge on any atom is -0.378 e. The summed E-state index contributed by atoms with van der Waals surface area (Å²) >= 11 is 0. The molecule has 0 unspecified atom stereocenters. The van der Waals surface area contributed by atoms with E-state index in [0.717, 1.165) is 11.3 Å². The highest BCUT2D eigenvalue weighted by Gasteiger charge is 2.31. The summed E-state index contributed by atoms with van der Waals surface area (Å²) in [4.78, 5) is 23.4. The molecule has 5 rings (SSSR count). The second-order valence-electron chi connectivity index (χ2n) is 8.93. The summed E-state index contributed by atoms with van der Waals surface area (Å²) in [5.41, 5.74) is 3.34. The van der Waals surface area contributed by atoms with E-state index in [2.05, 4.69) is 20.7 Å². The summed E-state index contributed by atoms with van der Waals surface area (Å²) in [6.45, 7) is 3.39. The number of urea groups is 1. The van der Waals surface area contributed by atoms with E-state index in [1.54, 1.807) is 19.2 Å². The maximum absolute atomic E-state index is 11.9. The number of amides is 2. The Bertz CT molecular complexity index is 1350. The van der Waals surface area contributed by atoms with Crippen molar-refractivity contribution in [1.82, 2.24) is 24.7 Å². The molecule has 13 heteroatoms. The third-order valence-electron chi connectivity index (χ3n) is 6.57. The Kier molecular flexibility index (Phi) is 6.77. The zero-order chi connectivity index (χ0) is 25.3. The molecule has 2 aromatic heterocycles. The van der Waals surface area contributed by atoms with E-state index in [1.165, 1.54) is 10.6 Å². The van der Waals surface area contributed by atoms with E-state index in [0.29, 0.717) is 80.7 Å². The van der Waals surface area contributed by atoms with Gasteiger partial charge < -0.3 is 24.8 Å². The highest BCUT2D eigenvalue weighted by molar-refractivity contribution is 7.88. The molecule has 12 nitrogen and oxygen atoms in total. The molecule has 2 N–H and O–H groups in total. The molecule has 0 aliphatic carbocycles. The SMILES string of the molecule is CNC(=O)Nc1ccc(-c2nc(N3CCOCC3)c3onc(C4CCN(S(C)(=O)=O)CC4)c3n2)cc1. The molecule has 0 bridgehead atoms. The van der Waals surface area contributed by atoms with Gasteiger partial charge in [-0.15, -0.1) is 0 Å². The summed E-state index contributed by atoms with van der Waals surface area (Å²) in [5.74, 6) is 1.22. The molecule has 0 atom stereocenters. The summed E-state index contributed by atoms with van der Waals surface area (Å²) in [5, 5.41) is 9.66. The maximum atomic E-state index is 11.9. The number of carbonyl (C=O) groups excluding carboxylic acids is 1. The molecule has 2 amide bonds. The van der Waals surface area contributed by atoms with Crippen molar-refractivity contribution in [2.75, 3.05) is 62.9 Å². The average molecular weight is 516 g/mol. The van der Waals surface area contributed by atoms with Crippen LogP contribution in [0.5, 0.6) is 0 Å². The minimum absolute atomic E-state index is 0.0312. The van der Waals surface area contributed by atoms with Crippen LogP contribution in [0.3, 0.4) is 0 Å². The molecule has 192 valence electrons. The summed E-state index contributed by atoms with van der Waals surface area (Å²) < 4.78 is 36.7. The van der Waals surface area contributed by atoms with Crippen LogP contribution in [0.25, 0.3) is 22.5 Å². The Hall–Kier alpha value is -3.29. The molecule has 0 radical (unpaired) electrons. The Morgan fingerprint density at radius 3 is 2.39 bits per heavy atom. The molecular formula is C23H29N7O5S. The van der Waals surface area contributed by atoms with Gasteiger partial charge in [0.05, 0.1) is 19.5 Å².